The van der Waals surface area contributed by atoms with E-state index in [0.29, 0.717) is 40.0 Å². The Kier molecular flexibility index (Phi) is 17.3. The van der Waals surface area contributed by atoms with E-state index in [1.165, 1.54) is 18.5 Å². The average molecular weight is 752 g/mol. The first-order valence-corrected chi connectivity index (χ1v) is 18.1. The van der Waals surface area contributed by atoms with Crippen LogP contribution in [0, 0.1) is 35.7 Å². The molecule has 0 radical (unpaired) electrons. The summed E-state index contributed by atoms with van der Waals surface area (Å²) in [4.78, 5) is 14.9. The Morgan fingerprint density at radius 1 is 0.827 bits per heavy atom. The smallest absolute Gasteiger partial charge is 0.226 e. The highest BCUT2D eigenvalue weighted by molar-refractivity contribution is 6.35. The minimum atomic E-state index is 0. The molecule has 280 valence electrons. The summed E-state index contributed by atoms with van der Waals surface area (Å²) >= 11 is 6.05. The molecule has 0 bridgehead atoms. The van der Waals surface area contributed by atoms with Crippen molar-refractivity contribution in [1.82, 2.24) is 15.3 Å². The van der Waals surface area contributed by atoms with Crippen LogP contribution in [-0.4, -0.2) is 70.6 Å². The van der Waals surface area contributed by atoms with Crippen LogP contribution in [0.25, 0.3) is 26.7 Å². The zero-order valence-electron chi connectivity index (χ0n) is 31.2. The molecular weight excluding hydrogens is 699 g/mol. The van der Waals surface area contributed by atoms with E-state index in [1.807, 2.05) is 24.4 Å². The Morgan fingerprint density at radius 3 is 1.85 bits per heavy atom. The molecule has 2 aliphatic heterocycles. The highest BCUT2D eigenvalue weighted by Crippen LogP contribution is 2.38. The number of hydrogen-bond donors (Lipinski definition) is 1. The Bertz CT molecular complexity index is 1800. The number of anilines is 1. The lowest BCUT2D eigenvalue weighted by molar-refractivity contribution is 0.299. The van der Waals surface area contributed by atoms with Gasteiger partial charge in [0.1, 0.15) is 0 Å². The standard InChI is InChI=1S/C20H25N3O2.C11H10ClNO2.C9H16N2.ClH/c1-5-16(21-2)14-7-10-23(11-8-14)18-6-9-22-17-13-20(25-4)19(24-3)12-15(17)18;1-14-10-5-7-8(12)3-4-13-9(7)6-11(10)15-2;1-2-8(7-10)9-3-5-11-6-4-9;/h6,9,12-14,16H,5,7-8,10-11H2,1,3-4H3;3-6H,1-2H3;8-9,11H,2-6H2,1H3;1H. The van der Waals surface area contributed by atoms with Gasteiger partial charge in [0.15, 0.2) is 23.0 Å². The van der Waals surface area contributed by atoms with Crippen LogP contribution in [0.3, 0.4) is 0 Å². The molecule has 4 heterocycles. The number of fused-ring (bicyclic) bond motifs is 2. The van der Waals surface area contributed by atoms with Gasteiger partial charge < -0.3 is 34.0 Å². The summed E-state index contributed by atoms with van der Waals surface area (Å²) < 4.78 is 21.2. The van der Waals surface area contributed by atoms with Gasteiger partial charge in [-0.1, -0.05) is 25.4 Å². The highest BCUT2D eigenvalue weighted by Gasteiger charge is 2.30. The van der Waals surface area contributed by atoms with Gasteiger partial charge in [0.2, 0.25) is 6.04 Å². The molecule has 10 nitrogen and oxygen atoms in total. The topological polar surface area (TPSA) is 106 Å². The second-order valence-corrected chi connectivity index (χ2v) is 13.1. The fourth-order valence-corrected chi connectivity index (χ4v) is 7.21. The van der Waals surface area contributed by atoms with E-state index in [1.54, 1.807) is 46.8 Å². The largest absolute Gasteiger partial charge is 0.493 e. The number of nitriles is 1. The van der Waals surface area contributed by atoms with Gasteiger partial charge in [-0.15, -0.1) is 12.4 Å². The lowest BCUT2D eigenvalue weighted by atomic mass is 9.84. The summed E-state index contributed by atoms with van der Waals surface area (Å²) in [5.41, 5.74) is 2.88. The fourth-order valence-electron chi connectivity index (χ4n) is 7.00. The molecule has 0 spiro atoms. The fraction of sp³-hybridized carbons (Fsp3) is 0.500. The van der Waals surface area contributed by atoms with E-state index in [-0.39, 0.29) is 18.4 Å². The van der Waals surface area contributed by atoms with E-state index < -0.39 is 0 Å². The molecule has 2 aromatic heterocycles. The zero-order chi connectivity index (χ0) is 36.8. The van der Waals surface area contributed by atoms with Gasteiger partial charge in [0, 0.05) is 72.3 Å². The number of piperidine rings is 2. The molecule has 12 heteroatoms. The second-order valence-electron chi connectivity index (χ2n) is 12.7. The van der Waals surface area contributed by atoms with E-state index in [4.69, 9.17) is 42.4 Å². The predicted octanol–water partition coefficient (Wildman–Crippen LogP) is 9.03. The number of nitrogens with one attached hydrogen (secondary N) is 1. The van der Waals surface area contributed by atoms with Crippen LogP contribution in [0.4, 0.5) is 5.69 Å². The number of ether oxygens (including phenoxy) is 4. The van der Waals surface area contributed by atoms with Crippen LogP contribution in [0.15, 0.2) is 48.8 Å². The summed E-state index contributed by atoms with van der Waals surface area (Å²) in [5, 5.41) is 14.7. The molecule has 2 atom stereocenters. The SMILES string of the molecule is CCC(C#N)C1CCNCC1.COc1cc2nccc(Cl)c2cc1OC.Cl.[C-]#[N+]C(CC)C1CCN(c2ccnc3cc(OC)c(OC)cc23)CC1. The van der Waals surface area contributed by atoms with Crippen molar-refractivity contribution in [3.8, 4) is 29.1 Å². The first-order valence-electron chi connectivity index (χ1n) is 17.7. The van der Waals surface area contributed by atoms with Crippen molar-refractivity contribution in [2.75, 3.05) is 59.5 Å². The normalized spacial score (nSPS) is 15.7. The molecular formula is C40H52Cl2N6O4. The van der Waals surface area contributed by atoms with Gasteiger partial charge in [-0.25, -0.2) is 6.57 Å². The third kappa shape index (κ3) is 10.4. The van der Waals surface area contributed by atoms with Gasteiger partial charge in [-0.05, 0) is 75.4 Å². The minimum Gasteiger partial charge on any atom is -0.493 e. The van der Waals surface area contributed by atoms with Gasteiger partial charge in [-0.3, -0.25) is 9.97 Å². The highest BCUT2D eigenvalue weighted by atomic mass is 35.5. The van der Waals surface area contributed by atoms with Crippen LogP contribution < -0.4 is 29.2 Å². The maximum Gasteiger partial charge on any atom is 0.226 e. The Labute approximate surface area is 320 Å². The number of pyridine rings is 2. The number of aromatic nitrogens is 2. The molecule has 0 amide bonds. The molecule has 2 saturated heterocycles. The molecule has 6 rings (SSSR count). The second kappa shape index (κ2) is 21.3. The number of halogens is 2. The summed E-state index contributed by atoms with van der Waals surface area (Å²) in [7, 11) is 6.47. The van der Waals surface area contributed by atoms with E-state index >= 15 is 0 Å². The Morgan fingerprint density at radius 2 is 1.35 bits per heavy atom. The number of nitrogens with zero attached hydrogens (tertiary/aromatic N) is 5. The maximum atomic E-state index is 8.81. The molecule has 4 aromatic rings. The first-order chi connectivity index (χ1) is 24.8. The molecule has 1 N–H and O–H groups in total. The third-order valence-electron chi connectivity index (χ3n) is 9.98. The van der Waals surface area contributed by atoms with Gasteiger partial charge >= 0.3 is 0 Å². The number of methoxy groups -OCH3 is 4. The molecule has 2 unspecified atom stereocenters. The van der Waals surface area contributed by atoms with Crippen molar-refractivity contribution >= 4 is 51.5 Å². The molecule has 52 heavy (non-hydrogen) atoms. The van der Waals surface area contributed by atoms with Crippen LogP contribution in [0.2, 0.25) is 5.02 Å². The van der Waals surface area contributed by atoms with Crippen molar-refractivity contribution in [1.29, 1.82) is 5.26 Å². The zero-order valence-corrected chi connectivity index (χ0v) is 32.7. The average Bonchev–Trinajstić information content (AvgIpc) is 3.19. The maximum absolute atomic E-state index is 8.81. The van der Waals surface area contributed by atoms with Gasteiger partial charge in [0.25, 0.3) is 0 Å². The molecule has 2 fully saturated rings. The molecule has 0 saturated carbocycles. The molecule has 2 aliphatic rings. The predicted molar refractivity (Wildman–Crippen MR) is 213 cm³/mol. The van der Waals surface area contributed by atoms with Gasteiger partial charge in [-0.2, -0.15) is 5.26 Å². The summed E-state index contributed by atoms with van der Waals surface area (Å²) in [5.74, 6) is 4.20. The van der Waals surface area contributed by atoms with Crippen molar-refractivity contribution in [2.45, 2.75) is 58.4 Å². The van der Waals surface area contributed by atoms with Crippen LogP contribution >= 0.6 is 24.0 Å². The molecule has 2 aromatic carbocycles. The van der Waals surface area contributed by atoms with Crippen molar-refractivity contribution in [3.63, 3.8) is 0 Å². The minimum absolute atomic E-state index is 0. The Balaban J connectivity index is 0.000000230. The van der Waals surface area contributed by atoms with Gasteiger partial charge in [0.05, 0.1) is 50.6 Å². The third-order valence-corrected chi connectivity index (χ3v) is 10.3. The monoisotopic (exact) mass is 750 g/mol. The van der Waals surface area contributed by atoms with Crippen molar-refractivity contribution < 1.29 is 18.9 Å². The number of rotatable bonds is 9. The van der Waals surface area contributed by atoms with E-state index in [2.05, 4.69) is 51.0 Å². The quantitative estimate of drug-likeness (QED) is 0.168. The lowest BCUT2D eigenvalue weighted by Gasteiger charge is -2.34. The van der Waals surface area contributed by atoms with E-state index in [0.717, 1.165) is 79.4 Å². The molecule has 0 aliphatic carbocycles. The number of benzene rings is 2. The van der Waals surface area contributed by atoms with E-state index in [9.17, 15) is 0 Å². The summed E-state index contributed by atoms with van der Waals surface area (Å²) in [6.45, 7) is 15.8. The summed E-state index contributed by atoms with van der Waals surface area (Å²) in [6.07, 6.45) is 9.98. The van der Waals surface area contributed by atoms with Crippen LogP contribution in [0.5, 0.6) is 23.0 Å². The number of hydrogen-bond acceptors (Lipinski definition) is 9. The van der Waals surface area contributed by atoms with Crippen LogP contribution in [-0.2, 0) is 0 Å². The lowest BCUT2D eigenvalue weighted by Crippen LogP contribution is -2.37. The summed E-state index contributed by atoms with van der Waals surface area (Å²) in [6, 6.07) is 13.9. The van der Waals surface area contributed by atoms with Crippen LogP contribution in [0.1, 0.15) is 52.4 Å². The van der Waals surface area contributed by atoms with Crippen molar-refractivity contribution in [3.05, 3.63) is 65.2 Å². The Hall–Kier alpha value is -4.22. The first kappa shape index (κ1) is 42.2. The van der Waals surface area contributed by atoms with Crippen molar-refractivity contribution in [2.24, 2.45) is 17.8 Å².